The first-order chi connectivity index (χ1) is 16.1. The second kappa shape index (κ2) is 8.75. The van der Waals surface area contributed by atoms with Gasteiger partial charge in [0.15, 0.2) is 0 Å². The van der Waals surface area contributed by atoms with Crippen LogP contribution in [0.3, 0.4) is 0 Å². The number of carbonyl (C=O) groups excluding carboxylic acids is 1. The van der Waals surface area contributed by atoms with E-state index in [9.17, 15) is 4.79 Å². The number of carbonyl (C=O) groups is 1. The van der Waals surface area contributed by atoms with Gasteiger partial charge in [0, 0.05) is 31.0 Å². The average molecular weight is 441 g/mol. The summed E-state index contributed by atoms with van der Waals surface area (Å²) >= 11 is 0. The monoisotopic (exact) mass is 440 g/mol. The number of fused-ring (bicyclic) bond motifs is 2. The molecule has 0 radical (unpaired) electrons. The molecule has 5 heteroatoms. The summed E-state index contributed by atoms with van der Waals surface area (Å²) in [6.07, 6.45) is 3.01. The molecule has 1 aliphatic heterocycles. The molecule has 0 spiro atoms. The average Bonchev–Trinajstić information content (AvgIpc) is 3.28. The van der Waals surface area contributed by atoms with E-state index in [2.05, 4.69) is 77.2 Å². The van der Waals surface area contributed by atoms with Crippen LogP contribution in [0.15, 0.2) is 72.9 Å². The number of esters is 1. The molecule has 168 valence electrons. The fourth-order valence-corrected chi connectivity index (χ4v) is 4.82. The van der Waals surface area contributed by atoms with Crippen molar-refractivity contribution < 1.29 is 14.3 Å². The van der Waals surface area contributed by atoms with Crippen LogP contribution in [-0.4, -0.2) is 35.7 Å². The molecule has 0 aliphatic carbocycles. The summed E-state index contributed by atoms with van der Waals surface area (Å²) in [5.74, 6) is 0.204. The van der Waals surface area contributed by atoms with Gasteiger partial charge in [0.05, 0.1) is 19.7 Å². The van der Waals surface area contributed by atoms with Crippen molar-refractivity contribution in [3.8, 4) is 11.4 Å². The van der Waals surface area contributed by atoms with Gasteiger partial charge >= 0.3 is 5.97 Å². The summed E-state index contributed by atoms with van der Waals surface area (Å²) in [6.45, 7) is 3.91. The van der Waals surface area contributed by atoms with E-state index < -0.39 is 0 Å². The molecular formula is C28H28N2O3. The molecule has 0 fully saturated rings. The highest BCUT2D eigenvalue weighted by atomic mass is 16.5. The molecule has 0 bridgehead atoms. The number of hydrogen-bond donors (Lipinski definition) is 0. The molecule has 1 aliphatic rings. The van der Waals surface area contributed by atoms with Crippen molar-refractivity contribution in [1.29, 1.82) is 0 Å². The molecule has 2 heterocycles. The molecule has 33 heavy (non-hydrogen) atoms. The lowest BCUT2D eigenvalue weighted by Gasteiger charge is -2.35. The Morgan fingerprint density at radius 3 is 2.67 bits per heavy atom. The van der Waals surface area contributed by atoms with Crippen molar-refractivity contribution in [2.75, 3.05) is 14.2 Å². The number of benzene rings is 3. The third-order valence-corrected chi connectivity index (χ3v) is 6.61. The number of hydrogen-bond acceptors (Lipinski definition) is 4. The molecule has 5 rings (SSSR count). The minimum atomic E-state index is -0.362. The highest BCUT2D eigenvalue weighted by Crippen LogP contribution is 2.31. The number of methoxy groups -OCH3 is 2. The third kappa shape index (κ3) is 4.00. The predicted octanol–water partition coefficient (Wildman–Crippen LogP) is 5.37. The van der Waals surface area contributed by atoms with Crippen molar-refractivity contribution in [2.45, 2.75) is 32.5 Å². The number of ether oxygens (including phenoxy) is 2. The Morgan fingerprint density at radius 2 is 1.85 bits per heavy atom. The third-order valence-electron chi connectivity index (χ3n) is 6.61. The van der Waals surface area contributed by atoms with Gasteiger partial charge in [0.2, 0.25) is 0 Å². The Labute approximate surface area is 194 Å². The van der Waals surface area contributed by atoms with Crippen molar-refractivity contribution >= 4 is 16.9 Å². The molecule has 0 amide bonds. The van der Waals surface area contributed by atoms with Crippen molar-refractivity contribution in [1.82, 2.24) is 9.47 Å². The molecule has 1 atom stereocenters. The maximum atomic E-state index is 12.2. The fourth-order valence-electron chi connectivity index (χ4n) is 4.82. The number of rotatable bonds is 5. The zero-order chi connectivity index (χ0) is 22.9. The quantitative estimate of drug-likeness (QED) is 0.391. The Hall–Kier alpha value is -3.57. The summed E-state index contributed by atoms with van der Waals surface area (Å²) in [4.78, 5) is 14.6. The molecule has 1 unspecified atom stereocenters. The lowest BCUT2D eigenvalue weighted by atomic mass is 9.92. The van der Waals surface area contributed by atoms with Gasteiger partial charge in [-0.15, -0.1) is 0 Å². The number of para-hydroxylation sites is 1. The summed E-state index contributed by atoms with van der Waals surface area (Å²) in [6, 6.07) is 23.6. The van der Waals surface area contributed by atoms with Gasteiger partial charge in [0.1, 0.15) is 11.3 Å². The zero-order valence-corrected chi connectivity index (χ0v) is 19.2. The van der Waals surface area contributed by atoms with Gasteiger partial charge in [-0.2, -0.15) is 0 Å². The first kappa shape index (κ1) is 21.3. The van der Waals surface area contributed by atoms with Crippen LogP contribution in [0.4, 0.5) is 0 Å². The summed E-state index contributed by atoms with van der Waals surface area (Å²) in [7, 11) is 2.99. The van der Waals surface area contributed by atoms with Gasteiger partial charge in [-0.25, -0.2) is 4.79 Å². The lowest BCUT2D eigenvalue weighted by molar-refractivity contribution is 0.0596. The van der Waals surface area contributed by atoms with Gasteiger partial charge in [-0.1, -0.05) is 30.3 Å². The lowest BCUT2D eigenvalue weighted by Crippen LogP contribution is -2.38. The smallest absolute Gasteiger partial charge is 0.341 e. The minimum absolute atomic E-state index is 0.354. The molecule has 4 aromatic rings. The normalized spacial score (nSPS) is 15.9. The van der Waals surface area contributed by atoms with Crippen LogP contribution in [0.1, 0.15) is 34.0 Å². The molecule has 0 N–H and O–H groups in total. The Bertz CT molecular complexity index is 1320. The van der Waals surface area contributed by atoms with E-state index in [1.807, 2.05) is 12.1 Å². The topological polar surface area (TPSA) is 43.7 Å². The summed E-state index contributed by atoms with van der Waals surface area (Å²) in [5, 5.41) is 1.24. The largest absolute Gasteiger partial charge is 0.496 e. The first-order valence-electron chi connectivity index (χ1n) is 11.2. The highest BCUT2D eigenvalue weighted by Gasteiger charge is 2.26. The fraction of sp³-hybridized carbons (Fsp3) is 0.250. The second-order valence-electron chi connectivity index (χ2n) is 8.69. The van der Waals surface area contributed by atoms with Crippen LogP contribution in [0.5, 0.6) is 5.75 Å². The van der Waals surface area contributed by atoms with Crippen molar-refractivity contribution in [3.05, 3.63) is 95.2 Å². The standard InChI is InChI=1S/C28H28N2O3/c1-19-13-22-15-25(28(31)33-3)27(32-2)16-23(22)18-29(19)17-20-7-6-9-24(14-20)30-12-11-21-8-4-5-10-26(21)30/h4-12,14-16,19H,13,17-18H2,1-3H3. The van der Waals surface area contributed by atoms with E-state index in [0.29, 0.717) is 17.4 Å². The zero-order valence-electron chi connectivity index (χ0n) is 19.2. The van der Waals surface area contributed by atoms with Crippen molar-refractivity contribution in [3.63, 3.8) is 0 Å². The first-order valence-corrected chi connectivity index (χ1v) is 11.2. The van der Waals surface area contributed by atoms with Gasteiger partial charge in [-0.3, -0.25) is 4.90 Å². The minimum Gasteiger partial charge on any atom is -0.496 e. The van der Waals surface area contributed by atoms with E-state index in [0.717, 1.165) is 19.5 Å². The van der Waals surface area contributed by atoms with Gasteiger partial charge < -0.3 is 14.0 Å². The van der Waals surface area contributed by atoms with Crippen LogP contribution in [0.2, 0.25) is 0 Å². The van der Waals surface area contributed by atoms with Gasteiger partial charge in [0.25, 0.3) is 0 Å². The van der Waals surface area contributed by atoms with Crippen molar-refractivity contribution in [2.24, 2.45) is 0 Å². The van der Waals surface area contributed by atoms with Gasteiger partial charge in [-0.05, 0) is 71.8 Å². The van der Waals surface area contributed by atoms with Crippen LogP contribution in [0, 0.1) is 0 Å². The SMILES string of the molecule is COC(=O)c1cc2c(cc1OC)CN(Cc1cccc(-n3ccc4ccccc43)c1)C(C)C2. The second-order valence-corrected chi connectivity index (χ2v) is 8.69. The van der Waals surface area contributed by atoms with Crippen LogP contribution < -0.4 is 4.74 Å². The van der Waals surface area contributed by atoms with Crippen LogP contribution in [-0.2, 0) is 24.2 Å². The summed E-state index contributed by atoms with van der Waals surface area (Å²) < 4.78 is 12.7. The Balaban J connectivity index is 1.41. The molecule has 1 aromatic heterocycles. The van der Waals surface area contributed by atoms with E-state index >= 15 is 0 Å². The number of nitrogens with zero attached hydrogens (tertiary/aromatic N) is 2. The molecular weight excluding hydrogens is 412 g/mol. The summed E-state index contributed by atoms with van der Waals surface area (Å²) in [5.41, 5.74) is 6.54. The predicted molar refractivity (Wildman–Crippen MR) is 130 cm³/mol. The van der Waals surface area contributed by atoms with E-state index in [1.54, 1.807) is 7.11 Å². The number of aromatic nitrogens is 1. The highest BCUT2D eigenvalue weighted by molar-refractivity contribution is 5.93. The molecule has 0 saturated heterocycles. The van der Waals surface area contributed by atoms with E-state index in [4.69, 9.17) is 9.47 Å². The van der Waals surface area contributed by atoms with Crippen LogP contribution in [0.25, 0.3) is 16.6 Å². The Morgan fingerprint density at radius 1 is 1.00 bits per heavy atom. The molecule has 3 aromatic carbocycles. The van der Waals surface area contributed by atoms with E-state index in [-0.39, 0.29) is 5.97 Å². The maximum Gasteiger partial charge on any atom is 0.341 e. The Kier molecular flexibility index (Phi) is 5.65. The maximum absolute atomic E-state index is 12.2. The molecule has 0 saturated carbocycles. The van der Waals surface area contributed by atoms with E-state index in [1.165, 1.54) is 40.4 Å². The molecule has 5 nitrogen and oxygen atoms in total. The van der Waals surface area contributed by atoms with Crippen LogP contribution >= 0.6 is 0 Å².